The summed E-state index contributed by atoms with van der Waals surface area (Å²) >= 11 is 0. The summed E-state index contributed by atoms with van der Waals surface area (Å²) in [5.74, 6) is 1.25. The van der Waals surface area contributed by atoms with Gasteiger partial charge in [-0.05, 0) is 41.0 Å². The van der Waals surface area contributed by atoms with E-state index in [0.29, 0.717) is 18.8 Å². The van der Waals surface area contributed by atoms with Crippen LogP contribution in [0.4, 0.5) is 0 Å². The van der Waals surface area contributed by atoms with Crippen molar-refractivity contribution < 1.29 is 9.21 Å². The van der Waals surface area contributed by atoms with Crippen LogP contribution in [0, 0.1) is 0 Å². The second-order valence-corrected chi connectivity index (χ2v) is 7.23. The molecule has 1 aliphatic rings. The number of aromatic nitrogens is 4. The van der Waals surface area contributed by atoms with E-state index in [1.165, 1.54) is 11.8 Å². The Bertz CT molecular complexity index is 900. The number of tetrazole rings is 1. The first-order valence-corrected chi connectivity index (χ1v) is 10.1. The summed E-state index contributed by atoms with van der Waals surface area (Å²) < 4.78 is 7.17. The zero-order valence-electron chi connectivity index (χ0n) is 16.6. The minimum Gasteiger partial charge on any atom is -0.459 e. The molecule has 1 fully saturated rings. The number of benzene rings is 1. The number of piperazine rings is 1. The summed E-state index contributed by atoms with van der Waals surface area (Å²) in [5, 5.41) is 12.5. The lowest BCUT2D eigenvalue weighted by Crippen LogP contribution is -2.50. The van der Waals surface area contributed by atoms with Crippen molar-refractivity contribution in [2.45, 2.75) is 32.4 Å². The Morgan fingerprint density at radius 1 is 1.10 bits per heavy atom. The number of hydrogen-bond acceptors (Lipinski definition) is 6. The van der Waals surface area contributed by atoms with Crippen LogP contribution in [-0.4, -0.2) is 62.1 Å². The minimum atomic E-state index is -0.0459. The number of amides is 1. The highest BCUT2D eigenvalue weighted by molar-refractivity contribution is 5.91. The third-order valence-electron chi connectivity index (χ3n) is 5.47. The van der Waals surface area contributed by atoms with Gasteiger partial charge in [0.2, 0.25) is 0 Å². The SMILES string of the molecule is CC[C@@H](c1nnnn1CCc1ccccc1)N1CCN(C(=O)c2ccco2)CC1. The summed E-state index contributed by atoms with van der Waals surface area (Å²) in [6.45, 7) is 5.82. The molecule has 1 atom stereocenters. The lowest BCUT2D eigenvalue weighted by atomic mass is 10.1. The fourth-order valence-corrected chi connectivity index (χ4v) is 3.89. The van der Waals surface area contributed by atoms with Crippen LogP contribution in [0.5, 0.6) is 0 Å². The van der Waals surface area contributed by atoms with E-state index in [1.807, 2.05) is 27.8 Å². The molecule has 4 rings (SSSR count). The molecule has 8 nitrogen and oxygen atoms in total. The summed E-state index contributed by atoms with van der Waals surface area (Å²) in [5.41, 5.74) is 1.27. The predicted molar refractivity (Wildman–Crippen MR) is 107 cm³/mol. The molecule has 0 radical (unpaired) electrons. The van der Waals surface area contributed by atoms with Gasteiger partial charge in [0.1, 0.15) is 0 Å². The van der Waals surface area contributed by atoms with E-state index in [4.69, 9.17) is 4.42 Å². The van der Waals surface area contributed by atoms with Crippen molar-refractivity contribution in [1.29, 1.82) is 0 Å². The maximum atomic E-state index is 12.5. The van der Waals surface area contributed by atoms with Gasteiger partial charge in [0, 0.05) is 32.7 Å². The van der Waals surface area contributed by atoms with E-state index in [2.05, 4.69) is 39.5 Å². The number of hydrogen-bond donors (Lipinski definition) is 0. The average Bonchev–Trinajstić information content (AvgIpc) is 3.46. The molecule has 8 heteroatoms. The van der Waals surface area contributed by atoms with Crippen LogP contribution < -0.4 is 0 Å². The van der Waals surface area contributed by atoms with Gasteiger partial charge in [-0.2, -0.15) is 0 Å². The van der Waals surface area contributed by atoms with Crippen molar-refractivity contribution in [2.75, 3.05) is 26.2 Å². The van der Waals surface area contributed by atoms with E-state index in [9.17, 15) is 4.79 Å². The molecular weight excluding hydrogens is 368 g/mol. The molecule has 0 unspecified atom stereocenters. The first kappa shape index (κ1) is 19.3. The molecule has 3 heterocycles. The normalized spacial score (nSPS) is 16.1. The van der Waals surface area contributed by atoms with E-state index in [0.717, 1.165) is 38.3 Å². The smallest absolute Gasteiger partial charge is 0.289 e. The van der Waals surface area contributed by atoms with Gasteiger partial charge < -0.3 is 9.32 Å². The molecule has 3 aromatic rings. The summed E-state index contributed by atoms with van der Waals surface area (Å²) in [7, 11) is 0. The number of carbonyl (C=O) groups is 1. The third-order valence-corrected chi connectivity index (χ3v) is 5.47. The highest BCUT2D eigenvalue weighted by Gasteiger charge is 2.30. The number of nitrogens with zero attached hydrogens (tertiary/aromatic N) is 6. The first-order valence-electron chi connectivity index (χ1n) is 10.1. The van der Waals surface area contributed by atoms with Crippen molar-refractivity contribution >= 4 is 5.91 Å². The van der Waals surface area contributed by atoms with Gasteiger partial charge in [-0.25, -0.2) is 4.68 Å². The Morgan fingerprint density at radius 3 is 2.59 bits per heavy atom. The summed E-state index contributed by atoms with van der Waals surface area (Å²) in [4.78, 5) is 16.7. The molecule has 0 aliphatic carbocycles. The van der Waals surface area contributed by atoms with Crippen LogP contribution in [0.25, 0.3) is 0 Å². The molecule has 1 aliphatic heterocycles. The minimum absolute atomic E-state index is 0.0459. The molecule has 0 spiro atoms. The summed E-state index contributed by atoms with van der Waals surface area (Å²) in [6, 6.07) is 14.0. The van der Waals surface area contributed by atoms with Crippen LogP contribution in [0.15, 0.2) is 53.1 Å². The van der Waals surface area contributed by atoms with E-state index < -0.39 is 0 Å². The van der Waals surface area contributed by atoms with Gasteiger partial charge >= 0.3 is 0 Å². The Kier molecular flexibility index (Phi) is 6.00. The van der Waals surface area contributed by atoms with Crippen LogP contribution in [0.1, 0.15) is 41.3 Å². The van der Waals surface area contributed by atoms with Crippen molar-refractivity contribution in [3.8, 4) is 0 Å². The van der Waals surface area contributed by atoms with E-state index in [1.54, 1.807) is 12.1 Å². The molecule has 1 aromatic carbocycles. The molecular formula is C21H26N6O2. The summed E-state index contributed by atoms with van der Waals surface area (Å²) in [6.07, 6.45) is 3.34. The lowest BCUT2D eigenvalue weighted by Gasteiger charge is -2.38. The second kappa shape index (κ2) is 9.00. The third kappa shape index (κ3) is 4.37. The molecule has 0 saturated carbocycles. The molecule has 1 amide bonds. The van der Waals surface area contributed by atoms with Crippen LogP contribution in [-0.2, 0) is 13.0 Å². The van der Waals surface area contributed by atoms with Gasteiger partial charge in [-0.15, -0.1) is 5.10 Å². The lowest BCUT2D eigenvalue weighted by molar-refractivity contribution is 0.0521. The van der Waals surface area contributed by atoms with E-state index >= 15 is 0 Å². The van der Waals surface area contributed by atoms with Gasteiger partial charge in [0.15, 0.2) is 11.6 Å². The van der Waals surface area contributed by atoms with Crippen LogP contribution in [0.3, 0.4) is 0 Å². The molecule has 0 bridgehead atoms. The molecule has 29 heavy (non-hydrogen) atoms. The van der Waals surface area contributed by atoms with Gasteiger partial charge in [0.25, 0.3) is 5.91 Å². The first-order chi connectivity index (χ1) is 14.3. The Hall–Kier alpha value is -3.00. The fourth-order valence-electron chi connectivity index (χ4n) is 3.89. The highest BCUT2D eigenvalue weighted by atomic mass is 16.3. The van der Waals surface area contributed by atoms with Gasteiger partial charge in [0.05, 0.1) is 12.3 Å². The van der Waals surface area contributed by atoms with E-state index in [-0.39, 0.29) is 11.9 Å². The maximum absolute atomic E-state index is 12.5. The number of carbonyl (C=O) groups excluding carboxylic acids is 1. The quantitative estimate of drug-likeness (QED) is 0.612. The zero-order chi connectivity index (χ0) is 20.1. The maximum Gasteiger partial charge on any atom is 0.289 e. The fraction of sp³-hybridized carbons (Fsp3) is 0.429. The van der Waals surface area contributed by atoms with Crippen LogP contribution >= 0.6 is 0 Å². The van der Waals surface area contributed by atoms with Crippen molar-refractivity contribution in [3.05, 3.63) is 65.9 Å². The standard InChI is InChI=1S/C21H26N6O2/c1-2-18(20-22-23-24-27(20)11-10-17-7-4-3-5-8-17)25-12-14-26(15-13-25)21(28)19-9-6-16-29-19/h3-9,16,18H,2,10-15H2,1H3/t18-/m0/s1. The molecule has 1 saturated heterocycles. The molecule has 152 valence electrons. The largest absolute Gasteiger partial charge is 0.459 e. The van der Waals surface area contributed by atoms with Crippen LogP contribution in [0.2, 0.25) is 0 Å². The van der Waals surface area contributed by atoms with Crippen molar-refractivity contribution in [3.63, 3.8) is 0 Å². The number of furan rings is 1. The topological polar surface area (TPSA) is 80.3 Å². The Balaban J connectivity index is 1.39. The number of aryl methyl sites for hydroxylation is 2. The van der Waals surface area contributed by atoms with Gasteiger partial charge in [-0.1, -0.05) is 37.3 Å². The Labute approximate surface area is 170 Å². The van der Waals surface area contributed by atoms with Crippen molar-refractivity contribution in [1.82, 2.24) is 30.0 Å². The average molecular weight is 394 g/mol. The second-order valence-electron chi connectivity index (χ2n) is 7.23. The molecule has 2 aromatic heterocycles. The van der Waals surface area contributed by atoms with Gasteiger partial charge in [-0.3, -0.25) is 9.69 Å². The van der Waals surface area contributed by atoms with Crippen molar-refractivity contribution in [2.24, 2.45) is 0 Å². The predicted octanol–water partition coefficient (Wildman–Crippen LogP) is 2.42. The monoisotopic (exact) mass is 394 g/mol. The molecule has 0 N–H and O–H groups in total. The zero-order valence-corrected chi connectivity index (χ0v) is 16.6. The number of rotatable bonds is 7. The Morgan fingerprint density at radius 2 is 1.90 bits per heavy atom. The highest BCUT2D eigenvalue weighted by Crippen LogP contribution is 2.24.